The zero-order chi connectivity index (χ0) is 12.2. The molecule has 1 aromatic rings. The third-order valence-electron chi connectivity index (χ3n) is 3.44. The third kappa shape index (κ3) is 3.21. The first-order chi connectivity index (χ1) is 8.92. The van der Waals surface area contributed by atoms with Crippen LogP contribution in [0.15, 0.2) is 18.3 Å². The second kappa shape index (κ2) is 5.67. The average Bonchev–Trinajstić information content (AvgIpc) is 3.09. The molecule has 1 saturated heterocycles. The fourth-order valence-corrected chi connectivity index (χ4v) is 2.18. The number of nitrogens with zero attached hydrogens (tertiary/aromatic N) is 1. The zero-order valence-electron chi connectivity index (χ0n) is 10.6. The van der Waals surface area contributed by atoms with E-state index in [4.69, 9.17) is 9.47 Å². The second-order valence-corrected chi connectivity index (χ2v) is 5.07. The van der Waals surface area contributed by atoms with Crippen LogP contribution >= 0.6 is 0 Å². The molecule has 1 atom stereocenters. The van der Waals surface area contributed by atoms with Gasteiger partial charge in [0.05, 0.1) is 6.10 Å². The Morgan fingerprint density at radius 1 is 1.39 bits per heavy atom. The van der Waals surface area contributed by atoms with E-state index in [1.54, 1.807) is 6.20 Å². The number of nitrogens with one attached hydrogen (secondary N) is 1. The van der Waals surface area contributed by atoms with Gasteiger partial charge in [-0.1, -0.05) is 6.07 Å². The van der Waals surface area contributed by atoms with Crippen LogP contribution in [-0.2, 0) is 11.3 Å². The normalized spacial score (nSPS) is 23.2. The van der Waals surface area contributed by atoms with E-state index in [1.165, 1.54) is 12.8 Å². The summed E-state index contributed by atoms with van der Waals surface area (Å²) in [6.07, 6.45) is 6.87. The highest BCUT2D eigenvalue weighted by molar-refractivity contribution is 5.25. The summed E-state index contributed by atoms with van der Waals surface area (Å²) in [6.45, 7) is 2.33. The lowest BCUT2D eigenvalue weighted by atomic mass is 10.2. The molecule has 4 heteroatoms. The lowest BCUT2D eigenvalue weighted by Gasteiger charge is -2.13. The van der Waals surface area contributed by atoms with Gasteiger partial charge in [-0.05, 0) is 31.7 Å². The summed E-state index contributed by atoms with van der Waals surface area (Å²) in [6, 6.07) is 4.74. The van der Waals surface area contributed by atoms with Gasteiger partial charge in [-0.2, -0.15) is 0 Å². The number of hydrogen-bond acceptors (Lipinski definition) is 4. The van der Waals surface area contributed by atoms with Crippen LogP contribution in [0.2, 0.25) is 0 Å². The van der Waals surface area contributed by atoms with Crippen molar-refractivity contribution in [2.45, 2.75) is 44.4 Å². The van der Waals surface area contributed by atoms with Crippen molar-refractivity contribution in [2.24, 2.45) is 0 Å². The van der Waals surface area contributed by atoms with E-state index in [9.17, 15) is 0 Å². The van der Waals surface area contributed by atoms with Gasteiger partial charge in [0.1, 0.15) is 6.61 Å². The summed E-state index contributed by atoms with van der Waals surface area (Å²) in [5.74, 6) is 0.751. The monoisotopic (exact) mass is 248 g/mol. The van der Waals surface area contributed by atoms with Gasteiger partial charge in [0.2, 0.25) is 5.88 Å². The largest absolute Gasteiger partial charge is 0.475 e. The smallest absolute Gasteiger partial charge is 0.217 e. The Bertz CT molecular complexity index is 387. The maximum atomic E-state index is 5.80. The molecule has 1 aliphatic carbocycles. The van der Waals surface area contributed by atoms with Gasteiger partial charge in [-0.25, -0.2) is 4.98 Å². The molecular weight excluding hydrogens is 228 g/mol. The molecule has 1 aromatic heterocycles. The van der Waals surface area contributed by atoms with Crippen molar-refractivity contribution >= 4 is 0 Å². The summed E-state index contributed by atoms with van der Waals surface area (Å²) in [5.41, 5.74) is 1.14. The fourth-order valence-electron chi connectivity index (χ4n) is 2.18. The molecule has 1 N–H and O–H groups in total. The Morgan fingerprint density at radius 3 is 3.11 bits per heavy atom. The SMILES string of the molecule is c1cnc(OCC2CCCO2)c(CNC2CC2)c1. The summed E-state index contributed by atoms with van der Waals surface area (Å²) >= 11 is 0. The van der Waals surface area contributed by atoms with E-state index in [-0.39, 0.29) is 6.10 Å². The molecule has 98 valence electrons. The molecule has 1 saturated carbocycles. The second-order valence-electron chi connectivity index (χ2n) is 5.07. The van der Waals surface area contributed by atoms with Crippen LogP contribution in [0.25, 0.3) is 0 Å². The standard InChI is InChI=1S/C14H20N2O2/c1-3-11(9-16-12-5-6-12)14(15-7-1)18-10-13-4-2-8-17-13/h1,3,7,12-13,16H,2,4-6,8-10H2. The van der Waals surface area contributed by atoms with Crippen LogP contribution in [0, 0.1) is 0 Å². The fraction of sp³-hybridized carbons (Fsp3) is 0.643. The minimum atomic E-state index is 0.247. The van der Waals surface area contributed by atoms with Gasteiger partial charge in [0.25, 0.3) is 0 Å². The summed E-state index contributed by atoms with van der Waals surface area (Å²) < 4.78 is 11.4. The lowest BCUT2D eigenvalue weighted by molar-refractivity contribution is 0.0659. The molecule has 2 aliphatic rings. The molecule has 1 unspecified atom stereocenters. The van der Waals surface area contributed by atoms with E-state index in [0.29, 0.717) is 12.6 Å². The van der Waals surface area contributed by atoms with Crippen molar-refractivity contribution in [3.05, 3.63) is 23.9 Å². The molecule has 4 nitrogen and oxygen atoms in total. The first kappa shape index (κ1) is 11.9. The van der Waals surface area contributed by atoms with E-state index >= 15 is 0 Å². The number of aromatic nitrogens is 1. The van der Waals surface area contributed by atoms with Crippen LogP contribution in [-0.4, -0.2) is 30.3 Å². The minimum Gasteiger partial charge on any atom is -0.475 e. The minimum absolute atomic E-state index is 0.247. The first-order valence-corrected chi connectivity index (χ1v) is 6.83. The van der Waals surface area contributed by atoms with Crippen molar-refractivity contribution < 1.29 is 9.47 Å². The molecule has 3 rings (SSSR count). The van der Waals surface area contributed by atoms with E-state index in [0.717, 1.165) is 37.4 Å². The number of rotatable bonds is 6. The van der Waals surface area contributed by atoms with E-state index in [1.807, 2.05) is 6.07 Å². The average molecular weight is 248 g/mol. The predicted molar refractivity (Wildman–Crippen MR) is 68.6 cm³/mol. The van der Waals surface area contributed by atoms with Gasteiger partial charge < -0.3 is 14.8 Å². The molecular formula is C14H20N2O2. The van der Waals surface area contributed by atoms with E-state index < -0.39 is 0 Å². The van der Waals surface area contributed by atoms with Crippen LogP contribution in [0.5, 0.6) is 5.88 Å². The maximum absolute atomic E-state index is 5.80. The van der Waals surface area contributed by atoms with Crippen LogP contribution in [0.1, 0.15) is 31.2 Å². The Balaban J connectivity index is 1.55. The van der Waals surface area contributed by atoms with Crippen LogP contribution in [0.4, 0.5) is 0 Å². The maximum Gasteiger partial charge on any atom is 0.217 e. The van der Waals surface area contributed by atoms with Gasteiger partial charge in [0.15, 0.2) is 0 Å². The molecule has 0 amide bonds. The first-order valence-electron chi connectivity index (χ1n) is 6.83. The van der Waals surface area contributed by atoms with Gasteiger partial charge >= 0.3 is 0 Å². The molecule has 18 heavy (non-hydrogen) atoms. The van der Waals surface area contributed by atoms with Crippen molar-refractivity contribution in [3.63, 3.8) is 0 Å². The Hall–Kier alpha value is -1.13. The highest BCUT2D eigenvalue weighted by Crippen LogP contribution is 2.22. The lowest BCUT2D eigenvalue weighted by Crippen LogP contribution is -2.19. The van der Waals surface area contributed by atoms with Crippen molar-refractivity contribution in [3.8, 4) is 5.88 Å². The molecule has 0 aromatic carbocycles. The molecule has 0 bridgehead atoms. The van der Waals surface area contributed by atoms with Crippen molar-refractivity contribution in [2.75, 3.05) is 13.2 Å². The molecule has 0 radical (unpaired) electrons. The van der Waals surface area contributed by atoms with Gasteiger partial charge in [-0.3, -0.25) is 0 Å². The van der Waals surface area contributed by atoms with Gasteiger partial charge in [0, 0.05) is 31.0 Å². The highest BCUT2D eigenvalue weighted by atomic mass is 16.5. The highest BCUT2D eigenvalue weighted by Gasteiger charge is 2.21. The molecule has 0 spiro atoms. The summed E-state index contributed by atoms with van der Waals surface area (Å²) in [4.78, 5) is 4.32. The Kier molecular flexibility index (Phi) is 3.76. The summed E-state index contributed by atoms with van der Waals surface area (Å²) in [7, 11) is 0. The van der Waals surface area contributed by atoms with Crippen molar-refractivity contribution in [1.29, 1.82) is 0 Å². The Labute approximate surface area is 108 Å². The molecule has 2 heterocycles. The van der Waals surface area contributed by atoms with E-state index in [2.05, 4.69) is 16.4 Å². The van der Waals surface area contributed by atoms with Crippen molar-refractivity contribution in [1.82, 2.24) is 10.3 Å². The van der Waals surface area contributed by atoms with Crippen LogP contribution < -0.4 is 10.1 Å². The predicted octanol–water partition coefficient (Wildman–Crippen LogP) is 1.89. The number of hydrogen-bond donors (Lipinski definition) is 1. The Morgan fingerprint density at radius 2 is 2.33 bits per heavy atom. The number of pyridine rings is 1. The molecule has 1 aliphatic heterocycles. The quantitative estimate of drug-likeness (QED) is 0.835. The van der Waals surface area contributed by atoms with Crippen LogP contribution in [0.3, 0.4) is 0 Å². The number of ether oxygens (including phenoxy) is 2. The molecule has 2 fully saturated rings. The zero-order valence-corrected chi connectivity index (χ0v) is 10.6. The summed E-state index contributed by atoms with van der Waals surface area (Å²) in [5, 5.41) is 3.49. The van der Waals surface area contributed by atoms with Gasteiger partial charge in [-0.15, -0.1) is 0 Å². The third-order valence-corrected chi connectivity index (χ3v) is 3.44. The topological polar surface area (TPSA) is 43.4 Å².